The van der Waals surface area contributed by atoms with Gasteiger partial charge in [-0.1, -0.05) is 12.1 Å². The first-order valence-electron chi connectivity index (χ1n) is 8.08. The Bertz CT molecular complexity index is 868. The van der Waals surface area contributed by atoms with E-state index in [1.165, 1.54) is 0 Å². The van der Waals surface area contributed by atoms with E-state index in [0.717, 1.165) is 6.54 Å². The number of aromatic amines is 1. The number of benzene rings is 1. The Morgan fingerprint density at radius 1 is 1.17 bits per heavy atom. The van der Waals surface area contributed by atoms with Gasteiger partial charge >= 0.3 is 0 Å². The number of hydrogen-bond acceptors (Lipinski definition) is 3. The van der Waals surface area contributed by atoms with E-state index in [9.17, 15) is 9.59 Å². The van der Waals surface area contributed by atoms with Crippen LogP contribution in [0.3, 0.4) is 0 Å². The van der Waals surface area contributed by atoms with Gasteiger partial charge in [-0.05, 0) is 30.7 Å². The number of amides is 1. The van der Waals surface area contributed by atoms with Gasteiger partial charge in [-0.3, -0.25) is 9.59 Å². The maximum Gasteiger partial charge on any atom is 0.258 e. The molecule has 0 atom stereocenters. The highest BCUT2D eigenvalue weighted by Gasteiger charge is 2.05. The lowest BCUT2D eigenvalue weighted by Crippen LogP contribution is -2.26. The first kappa shape index (κ1) is 16.0. The second-order valence-corrected chi connectivity index (χ2v) is 5.65. The van der Waals surface area contributed by atoms with Crippen LogP contribution in [-0.2, 0) is 17.8 Å². The van der Waals surface area contributed by atoms with Crippen molar-refractivity contribution in [2.45, 2.75) is 25.8 Å². The van der Waals surface area contributed by atoms with E-state index in [4.69, 9.17) is 0 Å². The molecule has 0 unspecified atom stereocenters. The van der Waals surface area contributed by atoms with Gasteiger partial charge in [0.25, 0.3) is 5.56 Å². The monoisotopic (exact) mass is 324 g/mol. The molecule has 124 valence electrons. The maximum absolute atomic E-state index is 12.0. The number of aryl methyl sites for hydroxylation is 1. The van der Waals surface area contributed by atoms with Crippen LogP contribution in [0.1, 0.15) is 18.7 Å². The Balaban J connectivity index is 1.46. The van der Waals surface area contributed by atoms with Crippen molar-refractivity contribution in [3.8, 4) is 0 Å². The van der Waals surface area contributed by atoms with E-state index in [-0.39, 0.29) is 11.5 Å². The molecule has 0 saturated carbocycles. The van der Waals surface area contributed by atoms with E-state index in [2.05, 4.69) is 15.3 Å². The Morgan fingerprint density at radius 2 is 1.96 bits per heavy atom. The topological polar surface area (TPSA) is 79.8 Å². The number of carbonyl (C=O) groups excluding carboxylic acids is 1. The third-order valence-corrected chi connectivity index (χ3v) is 3.84. The number of hydrogen-bond donors (Lipinski definition) is 2. The highest BCUT2D eigenvalue weighted by molar-refractivity contribution is 5.77. The van der Waals surface area contributed by atoms with Gasteiger partial charge in [0.15, 0.2) is 0 Å². The Kier molecular flexibility index (Phi) is 5.05. The molecular weight excluding hydrogens is 304 g/mol. The fourth-order valence-corrected chi connectivity index (χ4v) is 2.60. The maximum atomic E-state index is 12.0. The van der Waals surface area contributed by atoms with Crippen LogP contribution in [0.4, 0.5) is 0 Å². The summed E-state index contributed by atoms with van der Waals surface area (Å²) < 4.78 is 2.02. The molecule has 6 nitrogen and oxygen atoms in total. The van der Waals surface area contributed by atoms with Gasteiger partial charge in [0.1, 0.15) is 5.82 Å². The van der Waals surface area contributed by atoms with Gasteiger partial charge in [-0.25, -0.2) is 4.98 Å². The fraction of sp³-hybridized carbons (Fsp3) is 0.278. The average Bonchev–Trinajstić information content (AvgIpc) is 3.08. The second-order valence-electron chi connectivity index (χ2n) is 5.65. The summed E-state index contributed by atoms with van der Waals surface area (Å²) in [4.78, 5) is 31.0. The van der Waals surface area contributed by atoms with Crippen molar-refractivity contribution in [2.75, 3.05) is 6.54 Å². The zero-order valence-corrected chi connectivity index (χ0v) is 13.4. The van der Waals surface area contributed by atoms with Crippen molar-refractivity contribution in [2.24, 2.45) is 0 Å². The number of nitrogens with zero attached hydrogens (tertiary/aromatic N) is 2. The van der Waals surface area contributed by atoms with Gasteiger partial charge in [-0.2, -0.15) is 0 Å². The third-order valence-electron chi connectivity index (χ3n) is 3.84. The van der Waals surface area contributed by atoms with Gasteiger partial charge in [0.2, 0.25) is 5.91 Å². The quantitative estimate of drug-likeness (QED) is 0.696. The number of fused-ring (bicyclic) bond motifs is 1. The molecule has 2 N–H and O–H groups in total. The summed E-state index contributed by atoms with van der Waals surface area (Å²) in [6.45, 7) is 1.37. The molecule has 2 aromatic heterocycles. The first-order chi connectivity index (χ1) is 11.7. The minimum atomic E-state index is -0.133. The summed E-state index contributed by atoms with van der Waals surface area (Å²) >= 11 is 0. The molecule has 6 heteroatoms. The fourth-order valence-electron chi connectivity index (χ4n) is 2.60. The lowest BCUT2D eigenvalue weighted by Gasteiger charge is -2.06. The van der Waals surface area contributed by atoms with E-state index >= 15 is 0 Å². The highest BCUT2D eigenvalue weighted by Crippen LogP contribution is 2.07. The van der Waals surface area contributed by atoms with E-state index in [0.29, 0.717) is 42.5 Å². The van der Waals surface area contributed by atoms with Crippen molar-refractivity contribution in [3.63, 3.8) is 0 Å². The Hall–Kier alpha value is -2.89. The van der Waals surface area contributed by atoms with Gasteiger partial charge < -0.3 is 14.9 Å². The summed E-state index contributed by atoms with van der Waals surface area (Å²) in [6.07, 6.45) is 5.58. The summed E-state index contributed by atoms with van der Waals surface area (Å²) in [5.41, 5.74) is 0.555. The van der Waals surface area contributed by atoms with Crippen LogP contribution in [0.15, 0.2) is 53.6 Å². The molecular formula is C18H20N4O2. The zero-order chi connectivity index (χ0) is 16.8. The van der Waals surface area contributed by atoms with Crippen molar-refractivity contribution in [1.29, 1.82) is 0 Å². The van der Waals surface area contributed by atoms with Gasteiger partial charge in [0.05, 0.1) is 10.9 Å². The molecule has 0 spiro atoms. The van der Waals surface area contributed by atoms with Crippen LogP contribution in [0.5, 0.6) is 0 Å². The largest absolute Gasteiger partial charge is 0.354 e. The molecule has 0 aliphatic heterocycles. The molecule has 0 bridgehead atoms. The molecule has 0 saturated heterocycles. The van der Waals surface area contributed by atoms with E-state index in [1.54, 1.807) is 6.07 Å². The Labute approximate surface area is 139 Å². The molecule has 24 heavy (non-hydrogen) atoms. The summed E-state index contributed by atoms with van der Waals surface area (Å²) in [5.74, 6) is 0.643. The molecule has 0 radical (unpaired) electrons. The number of nitrogens with one attached hydrogen (secondary N) is 2. The van der Waals surface area contributed by atoms with E-state index < -0.39 is 0 Å². The number of rotatable bonds is 7. The molecule has 1 aromatic carbocycles. The molecule has 0 fully saturated rings. The molecule has 2 heterocycles. The normalized spacial score (nSPS) is 10.8. The van der Waals surface area contributed by atoms with Crippen LogP contribution in [-0.4, -0.2) is 27.0 Å². The van der Waals surface area contributed by atoms with Gasteiger partial charge in [0, 0.05) is 38.3 Å². The first-order valence-corrected chi connectivity index (χ1v) is 8.08. The van der Waals surface area contributed by atoms with Crippen LogP contribution >= 0.6 is 0 Å². The molecule has 0 aliphatic carbocycles. The lowest BCUT2D eigenvalue weighted by atomic mass is 10.2. The second kappa shape index (κ2) is 7.59. The SMILES string of the molecule is O=C(CCCc1nc2ccccc2c(=O)[nH]1)NCCn1cccc1. The highest BCUT2D eigenvalue weighted by atomic mass is 16.1. The zero-order valence-electron chi connectivity index (χ0n) is 13.4. The molecule has 3 rings (SSSR count). The number of aromatic nitrogens is 3. The Morgan fingerprint density at radius 3 is 2.79 bits per heavy atom. The van der Waals surface area contributed by atoms with Crippen molar-refractivity contribution < 1.29 is 4.79 Å². The van der Waals surface area contributed by atoms with Crippen molar-refractivity contribution in [3.05, 3.63) is 65.0 Å². The summed E-state index contributed by atoms with van der Waals surface area (Å²) in [6, 6.07) is 11.2. The molecule has 0 aliphatic rings. The summed E-state index contributed by atoms with van der Waals surface area (Å²) in [7, 11) is 0. The van der Waals surface area contributed by atoms with Crippen LogP contribution in [0.2, 0.25) is 0 Å². The van der Waals surface area contributed by atoms with Crippen molar-refractivity contribution in [1.82, 2.24) is 19.9 Å². The summed E-state index contributed by atoms with van der Waals surface area (Å²) in [5, 5.41) is 3.48. The van der Waals surface area contributed by atoms with Crippen molar-refractivity contribution >= 4 is 16.8 Å². The van der Waals surface area contributed by atoms with E-state index in [1.807, 2.05) is 47.3 Å². The number of H-pyrrole nitrogens is 1. The third kappa shape index (κ3) is 4.10. The number of para-hydroxylation sites is 1. The predicted molar refractivity (Wildman–Crippen MR) is 92.7 cm³/mol. The lowest BCUT2D eigenvalue weighted by molar-refractivity contribution is -0.121. The molecule has 3 aromatic rings. The average molecular weight is 324 g/mol. The minimum Gasteiger partial charge on any atom is -0.354 e. The number of carbonyl (C=O) groups is 1. The van der Waals surface area contributed by atoms with Crippen LogP contribution in [0, 0.1) is 0 Å². The van der Waals surface area contributed by atoms with Gasteiger partial charge in [-0.15, -0.1) is 0 Å². The predicted octanol–water partition coefficient (Wildman–Crippen LogP) is 1.86. The standard InChI is InChI=1S/C18H20N4O2/c23-17(19-10-13-22-11-3-4-12-22)9-5-8-16-20-15-7-2-1-6-14(15)18(24)21-16/h1-4,6-7,11-12H,5,8-10,13H2,(H,19,23)(H,20,21,24). The van der Waals surface area contributed by atoms with Crippen LogP contribution in [0.25, 0.3) is 10.9 Å². The smallest absolute Gasteiger partial charge is 0.258 e. The van der Waals surface area contributed by atoms with Crippen LogP contribution < -0.4 is 10.9 Å². The molecule has 1 amide bonds. The minimum absolute atomic E-state index is 0.0188.